The molecule has 6 heteroatoms. The lowest BCUT2D eigenvalue weighted by molar-refractivity contribution is -0.210. The Morgan fingerprint density at radius 2 is 1.78 bits per heavy atom. The highest BCUT2D eigenvalue weighted by molar-refractivity contribution is 5.90. The lowest BCUT2D eigenvalue weighted by Gasteiger charge is -2.62. The number of ether oxygens (including phenoxy) is 1. The predicted molar refractivity (Wildman–Crippen MR) is 95.4 cm³/mol. The molecule has 0 unspecified atom stereocenters. The van der Waals surface area contributed by atoms with E-state index < -0.39 is 29.1 Å². The van der Waals surface area contributed by atoms with E-state index in [1.807, 2.05) is 0 Å². The number of fused-ring (bicyclic) bond motifs is 5. The largest absolute Gasteiger partial charge is 0.462 e. The van der Waals surface area contributed by atoms with Gasteiger partial charge in [-0.15, -0.1) is 0 Å². The number of aliphatic hydroxyl groups excluding tert-OH is 2. The van der Waals surface area contributed by atoms with Gasteiger partial charge in [0.25, 0.3) is 0 Å². The van der Waals surface area contributed by atoms with Crippen LogP contribution in [-0.2, 0) is 14.3 Å². The molecule has 4 aliphatic rings. The maximum Gasteiger partial charge on any atom is 0.302 e. The molecule has 0 aromatic rings. The fourth-order valence-corrected chi connectivity index (χ4v) is 7.35. The molecule has 0 saturated heterocycles. The molecule has 4 fully saturated rings. The van der Waals surface area contributed by atoms with E-state index in [-0.39, 0.29) is 54.5 Å². The van der Waals surface area contributed by atoms with Crippen molar-refractivity contribution in [3.05, 3.63) is 0 Å². The standard InChI is InChI=1S/C21H31FO5/c1-11(23)27-18-5-4-13-12-8-17(26)21(22)10-16(25)15(24)9-20(21,3)14(12)6-7-19(13,18)2/h12-16,18,24-25H,4-10H2,1-3H3/t12-,13-,14-,15+,16-,18-,19-,20+,21-/m0/s1. The second-order valence-electron chi connectivity index (χ2n) is 9.99. The van der Waals surface area contributed by atoms with Crippen molar-refractivity contribution in [3.63, 3.8) is 0 Å². The van der Waals surface area contributed by atoms with Gasteiger partial charge in [0.05, 0.1) is 12.2 Å². The van der Waals surface area contributed by atoms with Gasteiger partial charge < -0.3 is 14.9 Å². The van der Waals surface area contributed by atoms with Gasteiger partial charge in [-0.2, -0.15) is 0 Å². The third kappa shape index (κ3) is 2.48. The maximum atomic E-state index is 16.0. The van der Waals surface area contributed by atoms with Crippen LogP contribution in [0.2, 0.25) is 0 Å². The summed E-state index contributed by atoms with van der Waals surface area (Å²) in [4.78, 5) is 24.5. The first-order valence-electron chi connectivity index (χ1n) is 10.3. The zero-order chi connectivity index (χ0) is 19.8. The van der Waals surface area contributed by atoms with Crippen molar-refractivity contribution in [1.29, 1.82) is 0 Å². The van der Waals surface area contributed by atoms with Crippen molar-refractivity contribution in [3.8, 4) is 0 Å². The lowest BCUT2D eigenvalue weighted by Crippen LogP contribution is -2.67. The van der Waals surface area contributed by atoms with Gasteiger partial charge >= 0.3 is 5.97 Å². The van der Waals surface area contributed by atoms with Crippen molar-refractivity contribution in [2.45, 2.75) is 89.7 Å². The Hall–Kier alpha value is -1.01. The molecular weight excluding hydrogens is 351 g/mol. The predicted octanol–water partition coefficient (Wildman–Crippen LogP) is 2.56. The first-order valence-corrected chi connectivity index (χ1v) is 10.3. The maximum absolute atomic E-state index is 16.0. The Labute approximate surface area is 159 Å². The third-order valence-corrected chi connectivity index (χ3v) is 8.81. The number of alkyl halides is 1. The summed E-state index contributed by atoms with van der Waals surface area (Å²) in [6.45, 7) is 5.38. The highest BCUT2D eigenvalue weighted by atomic mass is 19.1. The number of hydrogen-bond donors (Lipinski definition) is 2. The fraction of sp³-hybridized carbons (Fsp3) is 0.905. The number of rotatable bonds is 1. The smallest absolute Gasteiger partial charge is 0.302 e. The lowest BCUT2D eigenvalue weighted by atomic mass is 9.43. The van der Waals surface area contributed by atoms with Crippen LogP contribution in [-0.4, -0.2) is 45.9 Å². The van der Waals surface area contributed by atoms with E-state index in [0.717, 1.165) is 25.7 Å². The number of carbonyl (C=O) groups excluding carboxylic acids is 2. The van der Waals surface area contributed by atoms with E-state index >= 15 is 4.39 Å². The van der Waals surface area contributed by atoms with Crippen LogP contribution in [0.4, 0.5) is 4.39 Å². The molecule has 0 amide bonds. The zero-order valence-corrected chi connectivity index (χ0v) is 16.4. The Morgan fingerprint density at radius 1 is 1.11 bits per heavy atom. The number of hydrogen-bond acceptors (Lipinski definition) is 5. The normalized spacial score (nSPS) is 54.7. The average Bonchev–Trinajstić information content (AvgIpc) is 2.88. The zero-order valence-electron chi connectivity index (χ0n) is 16.4. The summed E-state index contributed by atoms with van der Waals surface area (Å²) in [6, 6.07) is 0. The summed E-state index contributed by atoms with van der Waals surface area (Å²) >= 11 is 0. The van der Waals surface area contributed by atoms with Crippen LogP contribution >= 0.6 is 0 Å². The van der Waals surface area contributed by atoms with Crippen molar-refractivity contribution in [2.75, 3.05) is 0 Å². The molecule has 0 radical (unpaired) electrons. The molecule has 0 aromatic heterocycles. The molecular formula is C21H31FO5. The van der Waals surface area contributed by atoms with Crippen molar-refractivity contribution < 1.29 is 28.9 Å². The van der Waals surface area contributed by atoms with E-state index in [4.69, 9.17) is 4.74 Å². The molecule has 0 aliphatic heterocycles. The molecule has 5 nitrogen and oxygen atoms in total. The molecule has 27 heavy (non-hydrogen) atoms. The molecule has 4 aliphatic carbocycles. The Bertz CT molecular complexity index is 667. The molecule has 9 atom stereocenters. The second-order valence-corrected chi connectivity index (χ2v) is 9.99. The van der Waals surface area contributed by atoms with Crippen LogP contribution in [0.1, 0.15) is 65.7 Å². The first kappa shape index (κ1) is 19.3. The molecule has 0 spiro atoms. The number of Topliss-reactive ketones (excluding diaryl/α,β-unsaturated/α-hetero) is 1. The van der Waals surface area contributed by atoms with Crippen LogP contribution in [0.5, 0.6) is 0 Å². The van der Waals surface area contributed by atoms with E-state index in [1.54, 1.807) is 6.92 Å². The Morgan fingerprint density at radius 3 is 2.44 bits per heavy atom. The number of ketones is 1. The van der Waals surface area contributed by atoms with Crippen LogP contribution < -0.4 is 0 Å². The van der Waals surface area contributed by atoms with Crippen LogP contribution in [0.15, 0.2) is 0 Å². The van der Waals surface area contributed by atoms with E-state index in [1.165, 1.54) is 6.92 Å². The minimum absolute atomic E-state index is 0.00324. The quantitative estimate of drug-likeness (QED) is 0.681. The number of carbonyl (C=O) groups is 2. The molecule has 0 heterocycles. The van der Waals surface area contributed by atoms with E-state index in [2.05, 4.69) is 6.92 Å². The topological polar surface area (TPSA) is 83.8 Å². The van der Waals surface area contributed by atoms with Gasteiger partial charge in [0, 0.05) is 30.6 Å². The summed E-state index contributed by atoms with van der Waals surface area (Å²) in [5.41, 5.74) is -3.19. The van der Waals surface area contributed by atoms with E-state index in [0.29, 0.717) is 0 Å². The van der Waals surface area contributed by atoms with E-state index in [9.17, 15) is 19.8 Å². The Balaban J connectivity index is 1.68. The minimum Gasteiger partial charge on any atom is -0.462 e. The minimum atomic E-state index is -2.06. The number of halogens is 1. The summed E-state index contributed by atoms with van der Waals surface area (Å²) in [7, 11) is 0. The van der Waals surface area contributed by atoms with Crippen LogP contribution in [0.25, 0.3) is 0 Å². The highest BCUT2D eigenvalue weighted by Gasteiger charge is 2.70. The van der Waals surface area contributed by atoms with Crippen molar-refractivity contribution in [1.82, 2.24) is 0 Å². The van der Waals surface area contributed by atoms with Crippen molar-refractivity contribution in [2.24, 2.45) is 28.6 Å². The summed E-state index contributed by atoms with van der Waals surface area (Å²) in [5, 5.41) is 20.3. The van der Waals surface area contributed by atoms with Crippen molar-refractivity contribution >= 4 is 11.8 Å². The van der Waals surface area contributed by atoms with Gasteiger partial charge in [-0.1, -0.05) is 13.8 Å². The molecule has 0 aromatic carbocycles. The number of esters is 1. The molecule has 4 rings (SSSR count). The molecule has 152 valence electrons. The highest BCUT2D eigenvalue weighted by Crippen LogP contribution is 2.67. The molecule has 0 bridgehead atoms. The SMILES string of the molecule is CC(=O)O[C@H]1CC[C@H]2[C@@H]3CC(=O)[C@@]4(F)C[C@H](O)[C@H](O)C[C@]4(C)[C@H]3CC[C@]12C. The fourth-order valence-electron chi connectivity index (χ4n) is 7.35. The second kappa shape index (κ2) is 5.99. The summed E-state index contributed by atoms with van der Waals surface area (Å²) in [6.07, 6.45) is 0.947. The van der Waals surface area contributed by atoms with Gasteiger partial charge in [-0.25, -0.2) is 4.39 Å². The van der Waals surface area contributed by atoms with Crippen LogP contribution in [0.3, 0.4) is 0 Å². The van der Waals surface area contributed by atoms with Gasteiger partial charge in [-0.05, 0) is 49.9 Å². The van der Waals surface area contributed by atoms with Gasteiger partial charge in [0.15, 0.2) is 11.5 Å². The van der Waals surface area contributed by atoms with Gasteiger partial charge in [0.2, 0.25) is 0 Å². The number of aliphatic hydroxyl groups is 2. The first-order chi connectivity index (χ1) is 12.5. The van der Waals surface area contributed by atoms with Gasteiger partial charge in [0.1, 0.15) is 6.10 Å². The van der Waals surface area contributed by atoms with Gasteiger partial charge in [-0.3, -0.25) is 9.59 Å². The Kier molecular flexibility index (Phi) is 4.29. The average molecular weight is 382 g/mol. The molecule has 4 saturated carbocycles. The van der Waals surface area contributed by atoms with Crippen LogP contribution in [0, 0.1) is 28.6 Å². The monoisotopic (exact) mass is 382 g/mol. The molecule has 2 N–H and O–H groups in total. The third-order valence-electron chi connectivity index (χ3n) is 8.81. The summed E-state index contributed by atoms with van der Waals surface area (Å²) in [5.74, 6) is -0.431. The summed E-state index contributed by atoms with van der Waals surface area (Å²) < 4.78 is 21.6.